The molecule has 1 saturated carbocycles. The molecule has 55 heavy (non-hydrogen) atoms. The summed E-state index contributed by atoms with van der Waals surface area (Å²) in [7, 11) is -5.12. The summed E-state index contributed by atoms with van der Waals surface area (Å²) in [5.74, 6) is -1.17. The average Bonchev–Trinajstić information content (AvgIpc) is 3.16. The summed E-state index contributed by atoms with van der Waals surface area (Å²) in [5, 5.41) is 49.9. The lowest BCUT2D eigenvalue weighted by molar-refractivity contribution is -0.220. The number of carbonyl (C=O) groups is 2. The lowest BCUT2D eigenvalue weighted by Crippen LogP contribution is -2.64. The Morgan fingerprint density at radius 2 is 1.04 bits per heavy atom. The maximum Gasteiger partial charge on any atom is 0.472 e. The van der Waals surface area contributed by atoms with Gasteiger partial charge in [0.25, 0.3) is 0 Å². The molecule has 0 bridgehead atoms. The van der Waals surface area contributed by atoms with Crippen LogP contribution in [0, 0.1) is 0 Å². The van der Waals surface area contributed by atoms with Gasteiger partial charge in [0.05, 0.1) is 6.61 Å². The van der Waals surface area contributed by atoms with Crippen molar-refractivity contribution >= 4 is 19.8 Å². The molecule has 0 aromatic carbocycles. The Morgan fingerprint density at radius 3 is 1.64 bits per heavy atom. The van der Waals surface area contributed by atoms with Crippen molar-refractivity contribution in [1.29, 1.82) is 0 Å². The van der Waals surface area contributed by atoms with Crippen LogP contribution in [0.5, 0.6) is 0 Å². The first-order valence-corrected chi connectivity index (χ1v) is 21.6. The van der Waals surface area contributed by atoms with Crippen LogP contribution in [-0.4, -0.2) is 98.3 Å². The first-order chi connectivity index (χ1) is 26.4. The van der Waals surface area contributed by atoms with Crippen molar-refractivity contribution in [3.05, 3.63) is 60.8 Å². The lowest BCUT2D eigenvalue weighted by Gasteiger charge is -2.41. The maximum atomic E-state index is 12.7. The van der Waals surface area contributed by atoms with E-state index in [1.54, 1.807) is 0 Å². The zero-order chi connectivity index (χ0) is 40.7. The normalized spacial score (nSPS) is 23.7. The summed E-state index contributed by atoms with van der Waals surface area (Å²) in [6.45, 7) is 3.06. The fraction of sp³-hybridized carbons (Fsp3) is 0.707. The zero-order valence-corrected chi connectivity index (χ0v) is 33.8. The molecule has 0 amide bonds. The minimum absolute atomic E-state index is 0.0739. The van der Waals surface area contributed by atoms with E-state index in [4.69, 9.17) is 18.5 Å². The summed E-state index contributed by atoms with van der Waals surface area (Å²) in [4.78, 5) is 35.5. The largest absolute Gasteiger partial charge is 0.472 e. The second-order valence-corrected chi connectivity index (χ2v) is 15.2. The number of rotatable bonds is 31. The molecule has 8 atom stereocenters. The molecule has 0 aliphatic heterocycles. The van der Waals surface area contributed by atoms with Crippen LogP contribution in [0.25, 0.3) is 0 Å². The molecule has 6 N–H and O–H groups in total. The number of carbonyl (C=O) groups excluding carboxylic acids is 2. The molecule has 13 nitrogen and oxygen atoms in total. The van der Waals surface area contributed by atoms with Crippen LogP contribution < -0.4 is 0 Å². The van der Waals surface area contributed by atoms with E-state index in [0.717, 1.165) is 77.0 Å². The predicted molar refractivity (Wildman–Crippen MR) is 212 cm³/mol. The molecular weight excluding hydrogens is 731 g/mol. The van der Waals surface area contributed by atoms with E-state index < -0.39 is 75.7 Å². The van der Waals surface area contributed by atoms with Crippen molar-refractivity contribution in [3.63, 3.8) is 0 Å². The molecule has 0 spiro atoms. The first-order valence-electron chi connectivity index (χ1n) is 20.1. The zero-order valence-electron chi connectivity index (χ0n) is 32.9. The standard InChI is InChI=1S/C41H69O13P/c1-3-5-7-9-11-13-15-16-17-18-20-21-23-25-27-29-34(42)51-31-33(53-35(43)30-28-26-24-22-19-14-12-10-8-6-4-2)32-52-55(49,50)54-41-39(47)37(45)36(44)38(46)40(41)48/h5,7,10-13,16-17,20-21,33,36-41,44-48H,3-4,6,8-9,14-15,18-19,22-32H2,1-2H3,(H,49,50)/b7-5+,12-10+,13-11+,17-16+,21-20+/t33-,36?,37-,38?,39?,40?,41?/m1/s1. The lowest BCUT2D eigenvalue weighted by atomic mass is 9.85. The molecule has 1 fully saturated rings. The number of hydrogen-bond donors (Lipinski definition) is 6. The number of phosphoric ester groups is 1. The van der Waals surface area contributed by atoms with Gasteiger partial charge in [-0.2, -0.15) is 0 Å². The summed E-state index contributed by atoms with van der Waals surface area (Å²) in [6, 6.07) is 0. The second kappa shape index (κ2) is 31.6. The van der Waals surface area contributed by atoms with Crippen molar-refractivity contribution in [2.24, 2.45) is 0 Å². The molecule has 0 heterocycles. The smallest absolute Gasteiger partial charge is 0.462 e. The molecule has 1 rings (SSSR count). The van der Waals surface area contributed by atoms with E-state index in [1.165, 1.54) is 12.8 Å². The van der Waals surface area contributed by atoms with Crippen molar-refractivity contribution in [2.75, 3.05) is 13.2 Å². The van der Waals surface area contributed by atoms with Gasteiger partial charge in [-0.05, 0) is 70.6 Å². The number of ether oxygens (including phenoxy) is 2. The average molecular weight is 801 g/mol. The van der Waals surface area contributed by atoms with Crippen LogP contribution in [0.2, 0.25) is 0 Å². The highest BCUT2D eigenvalue weighted by atomic mass is 31.2. The molecule has 316 valence electrons. The van der Waals surface area contributed by atoms with Gasteiger partial charge in [0, 0.05) is 12.8 Å². The minimum Gasteiger partial charge on any atom is -0.462 e. The van der Waals surface area contributed by atoms with Gasteiger partial charge in [-0.25, -0.2) is 4.57 Å². The summed E-state index contributed by atoms with van der Waals surface area (Å²) in [5.41, 5.74) is 0. The monoisotopic (exact) mass is 800 g/mol. The van der Waals surface area contributed by atoms with Crippen molar-refractivity contribution in [3.8, 4) is 0 Å². The maximum absolute atomic E-state index is 12.7. The highest BCUT2D eigenvalue weighted by Crippen LogP contribution is 2.47. The van der Waals surface area contributed by atoms with Crippen LogP contribution in [-0.2, 0) is 32.7 Å². The fourth-order valence-corrected chi connectivity index (χ4v) is 6.52. The fourth-order valence-electron chi connectivity index (χ4n) is 5.55. The van der Waals surface area contributed by atoms with E-state index in [9.17, 15) is 44.6 Å². The number of esters is 2. The van der Waals surface area contributed by atoms with Crippen LogP contribution in [0.4, 0.5) is 0 Å². The SMILES string of the molecule is CC/C=C/C/C=C/C/C=C/C/C=C/CCCCC(=O)OC[C@H](COP(=O)(O)OC1C(O)C(O)C(O)[C@@H](O)C1O)OC(=O)CCCCCCC/C=C/CCCC. The third-order valence-electron chi connectivity index (χ3n) is 8.84. The summed E-state index contributed by atoms with van der Waals surface area (Å²) in [6.07, 6.45) is 23.0. The topological polar surface area (TPSA) is 210 Å². The Labute approximate surface area is 328 Å². The Balaban J connectivity index is 2.56. The van der Waals surface area contributed by atoms with Gasteiger partial charge >= 0.3 is 19.8 Å². The first kappa shape index (κ1) is 50.6. The number of unbranched alkanes of at least 4 members (excludes halogenated alkanes) is 9. The van der Waals surface area contributed by atoms with Crippen LogP contribution in [0.15, 0.2) is 60.8 Å². The molecule has 0 radical (unpaired) electrons. The highest BCUT2D eigenvalue weighted by Gasteiger charge is 2.51. The molecular formula is C41H69O13P. The van der Waals surface area contributed by atoms with Gasteiger partial charge in [-0.1, -0.05) is 107 Å². The number of phosphoric acid groups is 1. The Kier molecular flexibility index (Phi) is 29.1. The Hall–Kier alpha value is -2.45. The molecule has 1 aliphatic rings. The number of allylic oxidation sites excluding steroid dienone is 10. The van der Waals surface area contributed by atoms with Crippen LogP contribution >= 0.6 is 7.82 Å². The predicted octanol–water partition coefficient (Wildman–Crippen LogP) is 6.60. The van der Waals surface area contributed by atoms with Gasteiger partial charge in [0.15, 0.2) is 6.10 Å². The van der Waals surface area contributed by atoms with Crippen molar-refractivity contribution < 1.29 is 63.1 Å². The molecule has 0 aromatic heterocycles. The second-order valence-electron chi connectivity index (χ2n) is 13.7. The number of aliphatic hydroxyl groups excluding tert-OH is 5. The third kappa shape index (κ3) is 24.7. The van der Waals surface area contributed by atoms with E-state index in [2.05, 4.69) is 74.6 Å². The molecule has 0 saturated heterocycles. The molecule has 14 heteroatoms. The van der Waals surface area contributed by atoms with Crippen molar-refractivity contribution in [2.45, 2.75) is 172 Å². The van der Waals surface area contributed by atoms with E-state index >= 15 is 0 Å². The van der Waals surface area contributed by atoms with Crippen LogP contribution in [0.3, 0.4) is 0 Å². The molecule has 1 aliphatic carbocycles. The van der Waals surface area contributed by atoms with Gasteiger partial charge < -0.3 is 39.9 Å². The molecule has 6 unspecified atom stereocenters. The van der Waals surface area contributed by atoms with Crippen molar-refractivity contribution in [1.82, 2.24) is 0 Å². The minimum atomic E-state index is -5.12. The van der Waals surface area contributed by atoms with Gasteiger partial charge in [0.2, 0.25) is 0 Å². The van der Waals surface area contributed by atoms with E-state index in [1.807, 2.05) is 0 Å². The Morgan fingerprint density at radius 1 is 0.582 bits per heavy atom. The van der Waals surface area contributed by atoms with Gasteiger partial charge in [-0.3, -0.25) is 18.6 Å². The van der Waals surface area contributed by atoms with Gasteiger partial charge in [-0.15, -0.1) is 0 Å². The van der Waals surface area contributed by atoms with Gasteiger partial charge in [0.1, 0.15) is 43.2 Å². The number of hydrogen-bond acceptors (Lipinski definition) is 12. The van der Waals surface area contributed by atoms with E-state index in [0.29, 0.717) is 12.8 Å². The number of aliphatic hydroxyl groups is 5. The highest BCUT2D eigenvalue weighted by molar-refractivity contribution is 7.47. The van der Waals surface area contributed by atoms with Crippen LogP contribution in [0.1, 0.15) is 129 Å². The van der Waals surface area contributed by atoms with E-state index in [-0.39, 0.29) is 12.8 Å². The Bertz CT molecular complexity index is 1200. The summed E-state index contributed by atoms with van der Waals surface area (Å²) >= 11 is 0. The quantitative estimate of drug-likeness (QED) is 0.0189. The molecule has 0 aromatic rings. The summed E-state index contributed by atoms with van der Waals surface area (Å²) < 4.78 is 33.3. The third-order valence-corrected chi connectivity index (χ3v) is 9.83.